The predicted molar refractivity (Wildman–Crippen MR) is 179 cm³/mol. The number of carbonyl (C=O) groups is 4. The Morgan fingerprint density at radius 3 is 1.18 bits per heavy atom. The van der Waals surface area contributed by atoms with E-state index in [1.165, 1.54) is 6.92 Å². The third-order valence-electron chi connectivity index (χ3n) is 9.74. The van der Waals surface area contributed by atoms with Gasteiger partial charge in [-0.25, -0.2) is 0 Å². The molecule has 13 N–H and O–H groups in total. The van der Waals surface area contributed by atoms with Crippen LogP contribution in [0.3, 0.4) is 0 Å². The van der Waals surface area contributed by atoms with Crippen LogP contribution in [0.4, 0.5) is 0 Å². The second kappa shape index (κ2) is 20.3. The SMILES string of the molecule is CC(=O)N[C@H]1CO[C@@H](CO)[C@@H](O[C@@H]2O[C@H](CO)[C@@H](O[C@@H]3O[C@@H](CO)[C@@H](O[C@@H]4O[C@H](CO)[C@@H](O)C(O)[C@H]4NC(C)=O)C(O)[C@H]3NC(C)=O)C(O)[C@H]2NC(C)=O)C1O. The Balaban J connectivity index is 1.60. The number of carbonyl (C=O) groups excluding carboxylic acids is 4. The van der Waals surface area contributed by atoms with Gasteiger partial charge in [0.05, 0.1) is 39.1 Å². The molecule has 4 aliphatic heterocycles. The van der Waals surface area contributed by atoms with Gasteiger partial charge in [0, 0.05) is 27.7 Å². The van der Waals surface area contributed by atoms with Crippen LogP contribution in [-0.2, 0) is 52.3 Å². The average Bonchev–Trinajstić information content (AvgIpc) is 3.13. The van der Waals surface area contributed by atoms with Crippen molar-refractivity contribution in [1.29, 1.82) is 0 Å². The molecule has 4 amide bonds. The standard InChI is InChI=1S/C32H54N4O20/c1-10(41)33-14-9-50-16(6-38)27(22(14)45)54-31-20(35-12(3)43)25(48)29(18(8-40)52-31)56-32-21(36-13(4)44)26(49)28(17(7-39)53-32)55-30-19(34-11(2)42)24(47)23(46)15(5-37)51-30/h14-32,37-40,45-49H,5-9H2,1-4H3,(H,33,41)(H,34,42)(H,35,43)(H,36,44)/t14-,15+,16-,17-,18+,19+,20+,21+,22?,23+,24?,25?,26?,27+,28+,29+,30-,31-,32-/m0/s1. The molecular weight excluding hydrogens is 760 g/mol. The van der Waals surface area contributed by atoms with Gasteiger partial charge in [0.2, 0.25) is 23.6 Å². The molecule has 24 heteroatoms. The number of rotatable bonds is 14. The summed E-state index contributed by atoms with van der Waals surface area (Å²) in [4.78, 5) is 48.4. The van der Waals surface area contributed by atoms with Crippen LogP contribution in [0.1, 0.15) is 27.7 Å². The van der Waals surface area contributed by atoms with Crippen molar-refractivity contribution in [2.24, 2.45) is 0 Å². The van der Waals surface area contributed by atoms with Crippen LogP contribution in [0.25, 0.3) is 0 Å². The molecule has 19 atom stereocenters. The van der Waals surface area contributed by atoms with E-state index in [2.05, 4.69) is 21.3 Å². The zero-order chi connectivity index (χ0) is 41.6. The topological polar surface area (TPSA) is 363 Å². The van der Waals surface area contributed by atoms with Gasteiger partial charge in [-0.15, -0.1) is 0 Å². The first-order valence-electron chi connectivity index (χ1n) is 17.9. The fourth-order valence-corrected chi connectivity index (χ4v) is 7.11. The molecule has 0 aromatic rings. The fraction of sp³-hybridized carbons (Fsp3) is 0.875. The van der Waals surface area contributed by atoms with E-state index >= 15 is 0 Å². The smallest absolute Gasteiger partial charge is 0.217 e. The van der Waals surface area contributed by atoms with Crippen molar-refractivity contribution in [2.75, 3.05) is 33.0 Å². The van der Waals surface area contributed by atoms with Crippen molar-refractivity contribution in [3.05, 3.63) is 0 Å². The molecule has 56 heavy (non-hydrogen) atoms. The molecule has 4 heterocycles. The highest BCUT2D eigenvalue weighted by Gasteiger charge is 2.55. The molecule has 4 rings (SSSR count). The molecule has 4 fully saturated rings. The van der Waals surface area contributed by atoms with Crippen LogP contribution in [0, 0.1) is 0 Å². The van der Waals surface area contributed by atoms with E-state index in [0.717, 1.165) is 20.8 Å². The molecule has 0 aliphatic carbocycles. The first-order valence-corrected chi connectivity index (χ1v) is 17.9. The summed E-state index contributed by atoms with van der Waals surface area (Å²) in [6.07, 6.45) is -24.0. The predicted octanol–water partition coefficient (Wildman–Crippen LogP) is -8.49. The first-order chi connectivity index (χ1) is 26.4. The fourth-order valence-electron chi connectivity index (χ4n) is 7.11. The van der Waals surface area contributed by atoms with Crippen LogP contribution in [-0.4, -0.2) is 219 Å². The van der Waals surface area contributed by atoms with Gasteiger partial charge in [-0.3, -0.25) is 19.2 Å². The highest BCUT2D eigenvalue weighted by molar-refractivity contribution is 5.74. The maximum atomic E-state index is 12.4. The average molecular weight is 815 g/mol. The van der Waals surface area contributed by atoms with Gasteiger partial charge < -0.3 is 100 Å². The molecule has 0 aromatic carbocycles. The van der Waals surface area contributed by atoms with Crippen LogP contribution < -0.4 is 21.3 Å². The third-order valence-corrected chi connectivity index (χ3v) is 9.74. The van der Waals surface area contributed by atoms with E-state index in [4.69, 9.17) is 33.2 Å². The number of aliphatic hydroxyl groups excluding tert-OH is 9. The normalized spacial score (nSPS) is 43.0. The van der Waals surface area contributed by atoms with Gasteiger partial charge in [0.25, 0.3) is 0 Å². The van der Waals surface area contributed by atoms with Crippen LogP contribution in [0.5, 0.6) is 0 Å². The summed E-state index contributed by atoms with van der Waals surface area (Å²) in [6.45, 7) is 1.10. The number of amides is 4. The zero-order valence-electron chi connectivity index (χ0n) is 31.0. The van der Waals surface area contributed by atoms with Crippen molar-refractivity contribution >= 4 is 23.6 Å². The van der Waals surface area contributed by atoms with Crippen LogP contribution >= 0.6 is 0 Å². The summed E-state index contributed by atoms with van der Waals surface area (Å²) in [6, 6.07) is -5.56. The van der Waals surface area contributed by atoms with E-state index < -0.39 is 166 Å². The van der Waals surface area contributed by atoms with Gasteiger partial charge in [0.1, 0.15) is 91.4 Å². The summed E-state index contributed by atoms with van der Waals surface area (Å²) in [5, 5.41) is 106. The summed E-state index contributed by atoms with van der Waals surface area (Å²) in [5.74, 6) is -2.61. The maximum Gasteiger partial charge on any atom is 0.217 e. The lowest BCUT2D eigenvalue weighted by Gasteiger charge is -2.50. The molecule has 0 bridgehead atoms. The summed E-state index contributed by atoms with van der Waals surface area (Å²) in [5.41, 5.74) is 0. The van der Waals surface area contributed by atoms with E-state index in [-0.39, 0.29) is 6.61 Å². The van der Waals surface area contributed by atoms with Gasteiger partial charge in [0.15, 0.2) is 18.9 Å². The molecule has 4 aliphatic rings. The Labute approximate surface area is 320 Å². The van der Waals surface area contributed by atoms with E-state index in [1.807, 2.05) is 0 Å². The summed E-state index contributed by atoms with van der Waals surface area (Å²) < 4.78 is 41.0. The van der Waals surface area contributed by atoms with Gasteiger partial charge in [-0.1, -0.05) is 0 Å². The molecule has 4 saturated heterocycles. The lowest BCUT2D eigenvalue weighted by molar-refractivity contribution is -0.358. The molecule has 24 nitrogen and oxygen atoms in total. The zero-order valence-corrected chi connectivity index (χ0v) is 31.0. The van der Waals surface area contributed by atoms with Gasteiger partial charge in [-0.05, 0) is 0 Å². The third kappa shape index (κ3) is 10.6. The van der Waals surface area contributed by atoms with Crippen molar-refractivity contribution in [2.45, 2.75) is 144 Å². The van der Waals surface area contributed by atoms with E-state index in [0.29, 0.717) is 0 Å². The molecule has 0 aromatic heterocycles. The van der Waals surface area contributed by atoms with Crippen molar-refractivity contribution in [3.63, 3.8) is 0 Å². The van der Waals surface area contributed by atoms with E-state index in [1.54, 1.807) is 0 Å². The lowest BCUT2D eigenvalue weighted by atomic mass is 9.93. The Hall–Kier alpha value is -2.76. The number of hydrogen-bond acceptors (Lipinski definition) is 20. The number of aliphatic hydroxyl groups is 9. The number of hydrogen-bond donors (Lipinski definition) is 13. The number of nitrogens with one attached hydrogen (secondary N) is 4. The van der Waals surface area contributed by atoms with Crippen LogP contribution in [0.15, 0.2) is 0 Å². The Kier molecular flexibility index (Phi) is 16.6. The number of ether oxygens (including phenoxy) is 7. The van der Waals surface area contributed by atoms with Gasteiger partial charge >= 0.3 is 0 Å². The first kappa shape index (κ1) is 45.9. The van der Waals surface area contributed by atoms with Gasteiger partial charge in [-0.2, -0.15) is 0 Å². The minimum absolute atomic E-state index is 0.189. The van der Waals surface area contributed by atoms with Crippen molar-refractivity contribution in [3.8, 4) is 0 Å². The molecule has 0 radical (unpaired) electrons. The Morgan fingerprint density at radius 2 is 0.821 bits per heavy atom. The highest BCUT2D eigenvalue weighted by Crippen LogP contribution is 2.34. The molecule has 4 unspecified atom stereocenters. The second-order valence-electron chi connectivity index (χ2n) is 14.0. The molecular formula is C32H54N4O20. The molecule has 322 valence electrons. The minimum Gasteiger partial charge on any atom is -0.394 e. The lowest BCUT2D eigenvalue weighted by Crippen LogP contribution is -2.71. The monoisotopic (exact) mass is 814 g/mol. The van der Waals surface area contributed by atoms with Crippen molar-refractivity contribution < 1.29 is 98.3 Å². The quantitative estimate of drug-likeness (QED) is 0.0774. The highest BCUT2D eigenvalue weighted by atomic mass is 16.8. The molecule has 0 spiro atoms. The van der Waals surface area contributed by atoms with Crippen molar-refractivity contribution in [1.82, 2.24) is 21.3 Å². The largest absolute Gasteiger partial charge is 0.394 e. The summed E-state index contributed by atoms with van der Waals surface area (Å²) >= 11 is 0. The second-order valence-corrected chi connectivity index (χ2v) is 14.0. The summed E-state index contributed by atoms with van der Waals surface area (Å²) in [7, 11) is 0. The molecule has 0 saturated carbocycles. The Morgan fingerprint density at radius 1 is 0.482 bits per heavy atom. The van der Waals surface area contributed by atoms with E-state index in [9.17, 15) is 65.1 Å². The maximum absolute atomic E-state index is 12.4. The minimum atomic E-state index is -1.86. The Bertz CT molecular complexity index is 1340. The van der Waals surface area contributed by atoms with Crippen LogP contribution in [0.2, 0.25) is 0 Å².